The molecule has 0 atom stereocenters. The van der Waals surface area contributed by atoms with E-state index in [2.05, 4.69) is 50.4 Å². The lowest BCUT2D eigenvalue weighted by Crippen LogP contribution is -2.17. The highest BCUT2D eigenvalue weighted by Crippen LogP contribution is 2.31. The zero-order valence-electron chi connectivity index (χ0n) is 19.4. The number of fused-ring (bicyclic) bond motifs is 1. The van der Waals surface area contributed by atoms with Crippen molar-refractivity contribution in [1.82, 2.24) is 9.97 Å². The predicted molar refractivity (Wildman–Crippen MR) is 139 cm³/mol. The van der Waals surface area contributed by atoms with E-state index in [4.69, 9.17) is 9.97 Å². The largest absolute Gasteiger partial charge is 0.325 e. The number of aromatic nitrogens is 2. The second-order valence-corrected chi connectivity index (χ2v) is 8.84. The van der Waals surface area contributed by atoms with Crippen molar-refractivity contribution in [3.05, 3.63) is 83.4 Å². The van der Waals surface area contributed by atoms with Gasteiger partial charge in [0.15, 0.2) is 5.82 Å². The molecule has 33 heavy (non-hydrogen) atoms. The maximum Gasteiger partial charge on any atom is 0.234 e. The van der Waals surface area contributed by atoms with Gasteiger partial charge in [0.2, 0.25) is 5.91 Å². The summed E-state index contributed by atoms with van der Waals surface area (Å²) in [7, 11) is 0. The number of hydrogen-bond acceptors (Lipinski definition) is 4. The second-order valence-electron chi connectivity index (χ2n) is 7.88. The van der Waals surface area contributed by atoms with Crippen LogP contribution in [0.5, 0.6) is 0 Å². The van der Waals surface area contributed by atoms with Crippen LogP contribution in [0.1, 0.15) is 37.5 Å². The molecule has 1 heterocycles. The summed E-state index contributed by atoms with van der Waals surface area (Å²) in [4.78, 5) is 22.7. The molecule has 0 spiro atoms. The van der Waals surface area contributed by atoms with Crippen molar-refractivity contribution in [2.24, 2.45) is 0 Å². The Balaban J connectivity index is 1.64. The minimum Gasteiger partial charge on any atom is -0.325 e. The molecule has 0 fully saturated rings. The molecule has 3 aromatic carbocycles. The Labute approximate surface area is 199 Å². The topological polar surface area (TPSA) is 54.9 Å². The summed E-state index contributed by atoms with van der Waals surface area (Å²) >= 11 is 1.47. The fourth-order valence-electron chi connectivity index (χ4n) is 4.01. The van der Waals surface area contributed by atoms with E-state index in [1.54, 1.807) is 0 Å². The standard InChI is InChI=1S/C28H29N3OS/c1-4-19-14-10-15-20(5-2)25(19)29-24(32)18-33-28-23-17-11-16-21(6-3)26(23)30-27(31-28)22-12-8-7-9-13-22/h7-17H,4-6,18H2,1-3H3,(H,29,32). The minimum atomic E-state index is -0.0183. The van der Waals surface area contributed by atoms with Gasteiger partial charge in [-0.3, -0.25) is 4.79 Å². The highest BCUT2D eigenvalue weighted by Gasteiger charge is 2.15. The number of carbonyl (C=O) groups is 1. The zero-order chi connectivity index (χ0) is 23.2. The van der Waals surface area contributed by atoms with Crippen LogP contribution in [0.25, 0.3) is 22.3 Å². The van der Waals surface area contributed by atoms with Crippen LogP contribution < -0.4 is 5.32 Å². The summed E-state index contributed by atoms with van der Waals surface area (Å²) in [6.45, 7) is 6.36. The third-order valence-corrected chi connectivity index (χ3v) is 6.78. The van der Waals surface area contributed by atoms with Crippen molar-refractivity contribution in [3.63, 3.8) is 0 Å². The molecule has 4 aromatic rings. The van der Waals surface area contributed by atoms with Crippen LogP contribution >= 0.6 is 11.8 Å². The van der Waals surface area contributed by atoms with Crippen molar-refractivity contribution in [2.75, 3.05) is 11.1 Å². The summed E-state index contributed by atoms with van der Waals surface area (Å²) in [6.07, 6.45) is 2.65. The van der Waals surface area contributed by atoms with Crippen molar-refractivity contribution in [2.45, 2.75) is 45.1 Å². The molecule has 168 valence electrons. The molecule has 0 radical (unpaired) electrons. The normalized spacial score (nSPS) is 11.0. The second kappa shape index (κ2) is 10.6. The van der Waals surface area contributed by atoms with Gasteiger partial charge in [-0.15, -0.1) is 0 Å². The van der Waals surface area contributed by atoms with E-state index >= 15 is 0 Å². The van der Waals surface area contributed by atoms with Crippen LogP contribution in [0.2, 0.25) is 0 Å². The number of anilines is 1. The molecule has 1 N–H and O–H groups in total. The molecule has 0 saturated carbocycles. The molecule has 0 aliphatic carbocycles. The van der Waals surface area contributed by atoms with Gasteiger partial charge in [-0.1, -0.05) is 99.3 Å². The number of carbonyl (C=O) groups excluding carboxylic acids is 1. The first kappa shape index (κ1) is 23.0. The summed E-state index contributed by atoms with van der Waals surface area (Å²) in [5.41, 5.74) is 6.41. The van der Waals surface area contributed by atoms with Gasteiger partial charge in [-0.05, 0) is 36.0 Å². The van der Waals surface area contributed by atoms with E-state index in [0.717, 1.165) is 46.4 Å². The molecule has 0 bridgehead atoms. The maximum atomic E-state index is 13.0. The summed E-state index contributed by atoms with van der Waals surface area (Å²) in [5, 5.41) is 5.00. The number of aryl methyl sites for hydroxylation is 3. The molecule has 0 unspecified atom stereocenters. The highest BCUT2D eigenvalue weighted by molar-refractivity contribution is 8.00. The first-order valence-corrected chi connectivity index (χ1v) is 12.5. The predicted octanol–water partition coefficient (Wildman–Crippen LogP) is 6.71. The van der Waals surface area contributed by atoms with Gasteiger partial charge in [0, 0.05) is 16.6 Å². The van der Waals surface area contributed by atoms with E-state index in [9.17, 15) is 4.79 Å². The number of nitrogens with zero attached hydrogens (tertiary/aromatic N) is 2. The van der Waals surface area contributed by atoms with Crippen LogP contribution in [0.3, 0.4) is 0 Å². The molecule has 0 aliphatic rings. The van der Waals surface area contributed by atoms with Crippen molar-refractivity contribution in [1.29, 1.82) is 0 Å². The molecule has 0 aliphatic heterocycles. The Bertz CT molecular complexity index is 1250. The van der Waals surface area contributed by atoms with E-state index in [1.165, 1.54) is 28.5 Å². The Morgan fingerprint density at radius 1 is 0.788 bits per heavy atom. The smallest absolute Gasteiger partial charge is 0.234 e. The molecule has 0 saturated heterocycles. The van der Waals surface area contributed by atoms with Crippen LogP contribution in [0.4, 0.5) is 5.69 Å². The van der Waals surface area contributed by atoms with Gasteiger partial charge in [0.05, 0.1) is 11.3 Å². The van der Waals surface area contributed by atoms with E-state index in [0.29, 0.717) is 5.82 Å². The number of benzene rings is 3. The van der Waals surface area contributed by atoms with Crippen LogP contribution in [0.15, 0.2) is 71.8 Å². The third kappa shape index (κ3) is 5.09. The van der Waals surface area contributed by atoms with E-state index in [-0.39, 0.29) is 11.7 Å². The van der Waals surface area contributed by atoms with Crippen LogP contribution in [-0.4, -0.2) is 21.6 Å². The zero-order valence-corrected chi connectivity index (χ0v) is 20.2. The third-order valence-electron chi connectivity index (χ3n) is 5.79. The summed E-state index contributed by atoms with van der Waals surface area (Å²) in [6, 6.07) is 22.4. The monoisotopic (exact) mass is 455 g/mol. The Morgan fingerprint density at radius 2 is 1.42 bits per heavy atom. The van der Waals surface area contributed by atoms with E-state index in [1.807, 2.05) is 42.5 Å². The number of amides is 1. The van der Waals surface area contributed by atoms with Crippen molar-refractivity contribution in [3.8, 4) is 11.4 Å². The van der Waals surface area contributed by atoms with Crippen LogP contribution in [-0.2, 0) is 24.1 Å². The minimum absolute atomic E-state index is 0.0183. The average Bonchev–Trinajstić information content (AvgIpc) is 2.87. The lowest BCUT2D eigenvalue weighted by molar-refractivity contribution is -0.113. The van der Waals surface area contributed by atoms with Gasteiger partial charge in [0.25, 0.3) is 0 Å². The lowest BCUT2D eigenvalue weighted by Gasteiger charge is -2.15. The first-order chi connectivity index (χ1) is 16.1. The number of para-hydroxylation sites is 2. The van der Waals surface area contributed by atoms with Crippen molar-refractivity contribution < 1.29 is 4.79 Å². The van der Waals surface area contributed by atoms with Crippen molar-refractivity contribution >= 4 is 34.3 Å². The lowest BCUT2D eigenvalue weighted by atomic mass is 10.0. The molecule has 4 rings (SSSR count). The summed E-state index contributed by atoms with van der Waals surface area (Å²) < 4.78 is 0. The molecule has 1 aromatic heterocycles. The van der Waals surface area contributed by atoms with Gasteiger partial charge in [-0.25, -0.2) is 9.97 Å². The summed E-state index contributed by atoms with van der Waals surface area (Å²) in [5.74, 6) is 0.963. The molecular weight excluding hydrogens is 426 g/mol. The maximum absolute atomic E-state index is 13.0. The quantitative estimate of drug-likeness (QED) is 0.237. The first-order valence-electron chi connectivity index (χ1n) is 11.5. The Hall–Kier alpha value is -3.18. The highest BCUT2D eigenvalue weighted by atomic mass is 32.2. The molecule has 4 nitrogen and oxygen atoms in total. The molecule has 5 heteroatoms. The number of rotatable bonds is 8. The fourth-order valence-corrected chi connectivity index (χ4v) is 4.82. The van der Waals surface area contributed by atoms with Gasteiger partial charge in [-0.2, -0.15) is 0 Å². The number of hydrogen-bond donors (Lipinski definition) is 1. The number of thioether (sulfide) groups is 1. The van der Waals surface area contributed by atoms with E-state index < -0.39 is 0 Å². The average molecular weight is 456 g/mol. The van der Waals surface area contributed by atoms with Gasteiger partial charge >= 0.3 is 0 Å². The number of nitrogens with one attached hydrogen (secondary N) is 1. The van der Waals surface area contributed by atoms with Gasteiger partial charge in [0.1, 0.15) is 5.03 Å². The van der Waals surface area contributed by atoms with Crippen LogP contribution in [0, 0.1) is 0 Å². The molecular formula is C28H29N3OS. The molecule has 1 amide bonds. The fraction of sp³-hybridized carbons (Fsp3) is 0.250. The Kier molecular flexibility index (Phi) is 7.40. The Morgan fingerprint density at radius 3 is 2.09 bits per heavy atom. The van der Waals surface area contributed by atoms with Gasteiger partial charge < -0.3 is 5.32 Å². The SMILES string of the molecule is CCc1cccc(CC)c1NC(=O)CSc1nc(-c2ccccc2)nc2c(CC)cccc12.